The molecular weight excluding hydrogens is 384 g/mol. The van der Waals surface area contributed by atoms with Gasteiger partial charge in [-0.2, -0.15) is 0 Å². The maximum atomic E-state index is 12.5. The van der Waals surface area contributed by atoms with Crippen LogP contribution in [0.3, 0.4) is 0 Å². The summed E-state index contributed by atoms with van der Waals surface area (Å²) in [6, 6.07) is 7.04. The summed E-state index contributed by atoms with van der Waals surface area (Å²) in [6.45, 7) is 3.35. The van der Waals surface area contributed by atoms with E-state index >= 15 is 0 Å². The fourth-order valence-electron chi connectivity index (χ4n) is 2.92. The highest BCUT2D eigenvalue weighted by atomic mass is 32.2. The first kappa shape index (κ1) is 21.7. The van der Waals surface area contributed by atoms with E-state index in [9.17, 15) is 22.8 Å². The van der Waals surface area contributed by atoms with Gasteiger partial charge in [0, 0.05) is 18.3 Å². The number of hydrogen-bond acceptors (Lipinski definition) is 5. The second kappa shape index (κ2) is 9.54. The number of para-hydroxylation sites is 1. The third kappa shape index (κ3) is 6.52. The Morgan fingerprint density at radius 3 is 2.46 bits per heavy atom. The second-order valence-corrected chi connectivity index (χ2v) is 8.93. The van der Waals surface area contributed by atoms with E-state index in [1.807, 2.05) is 6.07 Å². The molecule has 2 atom stereocenters. The number of nitrogens with zero attached hydrogens (tertiary/aromatic N) is 1. The summed E-state index contributed by atoms with van der Waals surface area (Å²) in [5.41, 5.74) is 0.595. The van der Waals surface area contributed by atoms with Crippen LogP contribution in [0, 0.1) is 0 Å². The number of carbonyl (C=O) groups excluding carboxylic acids is 3. The molecule has 2 rings (SSSR count). The molecule has 1 aliphatic rings. The minimum atomic E-state index is -3.09. The summed E-state index contributed by atoms with van der Waals surface area (Å²) in [4.78, 5) is 38.0. The summed E-state index contributed by atoms with van der Waals surface area (Å²) >= 11 is 0. The van der Waals surface area contributed by atoms with Crippen LogP contribution in [-0.2, 0) is 19.4 Å². The highest BCUT2D eigenvalue weighted by molar-refractivity contribution is 7.91. The van der Waals surface area contributed by atoms with Crippen molar-refractivity contribution in [2.75, 3.05) is 29.9 Å². The van der Waals surface area contributed by atoms with Gasteiger partial charge in [-0.1, -0.05) is 18.2 Å². The third-order valence-corrected chi connectivity index (χ3v) is 6.14. The normalized spacial score (nSPS) is 18.7. The first-order valence-electron chi connectivity index (χ1n) is 9.11. The van der Waals surface area contributed by atoms with E-state index in [2.05, 4.69) is 16.0 Å². The Balaban J connectivity index is 1.83. The van der Waals surface area contributed by atoms with E-state index in [-0.39, 0.29) is 24.6 Å². The number of hydrogen-bond donors (Lipinski definition) is 3. The molecule has 1 heterocycles. The van der Waals surface area contributed by atoms with Crippen LogP contribution in [0.2, 0.25) is 0 Å². The molecule has 10 heteroatoms. The summed E-state index contributed by atoms with van der Waals surface area (Å²) in [7, 11) is -3.09. The lowest BCUT2D eigenvalue weighted by Gasteiger charge is -2.25. The van der Waals surface area contributed by atoms with E-state index in [1.54, 1.807) is 31.2 Å². The molecule has 1 fully saturated rings. The molecule has 1 aliphatic heterocycles. The molecule has 28 heavy (non-hydrogen) atoms. The van der Waals surface area contributed by atoms with E-state index in [0.29, 0.717) is 12.1 Å². The second-order valence-electron chi connectivity index (χ2n) is 6.71. The minimum Gasteiger partial charge on any atom is -0.351 e. The largest absolute Gasteiger partial charge is 0.351 e. The highest BCUT2D eigenvalue weighted by Gasteiger charge is 2.30. The van der Waals surface area contributed by atoms with Crippen molar-refractivity contribution in [2.24, 2.45) is 0 Å². The van der Waals surface area contributed by atoms with E-state index in [4.69, 9.17) is 0 Å². The zero-order chi connectivity index (χ0) is 20.7. The van der Waals surface area contributed by atoms with Crippen LogP contribution in [0.5, 0.6) is 0 Å². The van der Waals surface area contributed by atoms with Crippen LogP contribution >= 0.6 is 0 Å². The van der Waals surface area contributed by atoms with Crippen molar-refractivity contribution in [2.45, 2.75) is 32.4 Å². The van der Waals surface area contributed by atoms with Crippen LogP contribution in [0.25, 0.3) is 0 Å². The summed E-state index contributed by atoms with van der Waals surface area (Å²) in [6.07, 6.45) is 0.381. The Labute approximate surface area is 164 Å². The van der Waals surface area contributed by atoms with Gasteiger partial charge in [0.05, 0.1) is 18.1 Å². The summed E-state index contributed by atoms with van der Waals surface area (Å²) in [5, 5.41) is 7.83. The predicted octanol–water partition coefficient (Wildman–Crippen LogP) is 0.348. The first-order valence-corrected chi connectivity index (χ1v) is 10.9. The Bertz CT molecular complexity index is 813. The number of benzene rings is 1. The molecule has 0 bridgehead atoms. The number of anilines is 1. The van der Waals surface area contributed by atoms with Gasteiger partial charge in [0.15, 0.2) is 9.84 Å². The molecule has 0 aliphatic carbocycles. The number of amides is 4. The maximum Gasteiger partial charge on any atom is 0.319 e. The number of likely N-dealkylation sites (N-methyl/N-ethyl adjacent to an activating group) is 1. The van der Waals surface area contributed by atoms with Crippen LogP contribution in [0.1, 0.15) is 20.3 Å². The van der Waals surface area contributed by atoms with Gasteiger partial charge in [0.1, 0.15) is 6.04 Å². The number of nitrogens with one attached hydrogen (secondary N) is 3. The fraction of sp³-hybridized carbons (Fsp3) is 0.500. The molecule has 0 radical (unpaired) electrons. The molecule has 1 saturated heterocycles. The Morgan fingerprint density at radius 2 is 1.89 bits per heavy atom. The topological polar surface area (TPSA) is 125 Å². The molecular formula is C18H26N4O5S. The lowest BCUT2D eigenvalue weighted by molar-refractivity contribution is -0.137. The maximum absolute atomic E-state index is 12.5. The van der Waals surface area contributed by atoms with Crippen molar-refractivity contribution >= 4 is 33.4 Å². The molecule has 0 aromatic heterocycles. The fourth-order valence-corrected chi connectivity index (χ4v) is 4.60. The monoisotopic (exact) mass is 410 g/mol. The number of urea groups is 1. The van der Waals surface area contributed by atoms with E-state index < -0.39 is 39.8 Å². The molecule has 1 aromatic carbocycles. The van der Waals surface area contributed by atoms with Crippen molar-refractivity contribution in [3.05, 3.63) is 30.3 Å². The van der Waals surface area contributed by atoms with Crippen LogP contribution < -0.4 is 16.0 Å². The Kier molecular flexibility index (Phi) is 7.38. The molecule has 154 valence electrons. The van der Waals surface area contributed by atoms with Gasteiger partial charge in [-0.25, -0.2) is 13.2 Å². The molecule has 4 amide bonds. The van der Waals surface area contributed by atoms with Crippen molar-refractivity contribution < 1.29 is 22.8 Å². The third-order valence-electron chi connectivity index (χ3n) is 4.38. The highest BCUT2D eigenvalue weighted by Crippen LogP contribution is 2.11. The zero-order valence-corrected chi connectivity index (χ0v) is 16.8. The van der Waals surface area contributed by atoms with Crippen molar-refractivity contribution in [3.63, 3.8) is 0 Å². The van der Waals surface area contributed by atoms with Gasteiger partial charge in [-0.05, 0) is 32.4 Å². The number of rotatable bonds is 7. The molecule has 0 unspecified atom stereocenters. The summed E-state index contributed by atoms with van der Waals surface area (Å²) < 4.78 is 22.9. The van der Waals surface area contributed by atoms with Gasteiger partial charge in [0.2, 0.25) is 11.8 Å². The van der Waals surface area contributed by atoms with Gasteiger partial charge in [-0.3, -0.25) is 9.59 Å². The van der Waals surface area contributed by atoms with Crippen LogP contribution in [-0.4, -0.2) is 67.8 Å². The van der Waals surface area contributed by atoms with E-state index in [0.717, 1.165) is 0 Å². The Hall–Kier alpha value is -2.62. The number of carbonyl (C=O) groups is 3. The molecule has 9 nitrogen and oxygen atoms in total. The van der Waals surface area contributed by atoms with Crippen LogP contribution in [0.4, 0.5) is 10.5 Å². The molecule has 1 aromatic rings. The molecule has 0 spiro atoms. The van der Waals surface area contributed by atoms with Gasteiger partial charge < -0.3 is 20.9 Å². The standard InChI is InChI=1S/C18H26N4O5S/c1-3-22(11-16(23)20-15-9-10-28(26,27)12-15)17(24)13(2)19-18(25)21-14-7-5-4-6-8-14/h4-8,13,15H,3,9-12H2,1-2H3,(H,20,23)(H2,19,21,25)/t13-,15+/m1/s1. The average molecular weight is 410 g/mol. The van der Waals surface area contributed by atoms with E-state index in [1.165, 1.54) is 11.8 Å². The van der Waals surface area contributed by atoms with Gasteiger partial charge in [0.25, 0.3) is 0 Å². The van der Waals surface area contributed by atoms with Crippen molar-refractivity contribution in [3.8, 4) is 0 Å². The predicted molar refractivity (Wildman–Crippen MR) is 106 cm³/mol. The number of sulfone groups is 1. The lowest BCUT2D eigenvalue weighted by Crippen LogP contribution is -2.51. The zero-order valence-electron chi connectivity index (χ0n) is 16.0. The van der Waals surface area contributed by atoms with Crippen molar-refractivity contribution in [1.82, 2.24) is 15.5 Å². The molecule has 3 N–H and O–H groups in total. The minimum absolute atomic E-state index is 0.0614. The first-order chi connectivity index (χ1) is 13.2. The average Bonchev–Trinajstić information content (AvgIpc) is 2.98. The van der Waals surface area contributed by atoms with Gasteiger partial charge >= 0.3 is 6.03 Å². The Morgan fingerprint density at radius 1 is 1.21 bits per heavy atom. The quantitative estimate of drug-likeness (QED) is 0.598. The van der Waals surface area contributed by atoms with Gasteiger partial charge in [-0.15, -0.1) is 0 Å². The molecule has 0 saturated carbocycles. The smallest absolute Gasteiger partial charge is 0.319 e. The lowest BCUT2D eigenvalue weighted by atomic mass is 10.2. The SMILES string of the molecule is CCN(CC(=O)N[C@H]1CCS(=O)(=O)C1)C(=O)[C@@H](C)NC(=O)Nc1ccccc1. The van der Waals surface area contributed by atoms with Crippen LogP contribution in [0.15, 0.2) is 30.3 Å². The summed E-state index contributed by atoms with van der Waals surface area (Å²) in [5.74, 6) is -0.833. The van der Waals surface area contributed by atoms with Crippen molar-refractivity contribution in [1.29, 1.82) is 0 Å².